The van der Waals surface area contributed by atoms with E-state index < -0.39 is 28.6 Å². The first-order valence-electron chi connectivity index (χ1n) is 21.4. The molecule has 4 aliphatic heterocycles. The number of para-hydroxylation sites is 2. The Morgan fingerprint density at radius 3 is 1.64 bits per heavy atom. The summed E-state index contributed by atoms with van der Waals surface area (Å²) in [7, 11) is -4.09. The van der Waals surface area contributed by atoms with Crippen molar-refractivity contribution in [1.82, 2.24) is 0 Å². The van der Waals surface area contributed by atoms with Crippen LogP contribution in [0.1, 0.15) is 82.5 Å². The lowest BCUT2D eigenvalue weighted by Gasteiger charge is -2.27. The largest absolute Gasteiger partial charge is 0.493 e. The van der Waals surface area contributed by atoms with Gasteiger partial charge in [0.1, 0.15) is 5.25 Å². The van der Waals surface area contributed by atoms with E-state index in [1.807, 2.05) is 41.3 Å². The molecule has 8 rings (SSSR count). The van der Waals surface area contributed by atoms with Gasteiger partial charge >= 0.3 is 0 Å². The summed E-state index contributed by atoms with van der Waals surface area (Å²) in [4.78, 5) is 31.5. The second-order valence-corrected chi connectivity index (χ2v) is 22.0. The van der Waals surface area contributed by atoms with E-state index in [9.17, 15) is 27.1 Å². The summed E-state index contributed by atoms with van der Waals surface area (Å²) in [5.41, 5.74) is 5.96. The highest BCUT2D eigenvalue weighted by Crippen LogP contribution is 2.49. The van der Waals surface area contributed by atoms with Gasteiger partial charge in [0, 0.05) is 47.0 Å². The highest BCUT2D eigenvalue weighted by Gasteiger charge is 2.47. The van der Waals surface area contributed by atoms with Crippen LogP contribution in [0.2, 0.25) is 0 Å². The number of nitrogens with zero attached hydrogens (tertiary/aromatic N) is 2. The highest BCUT2D eigenvalue weighted by molar-refractivity contribution is 7.86. The summed E-state index contributed by atoms with van der Waals surface area (Å²) in [5, 5.41) is -1.23. The van der Waals surface area contributed by atoms with Crippen molar-refractivity contribution in [3.05, 3.63) is 106 Å². The molecule has 324 valence electrons. The predicted octanol–water partition coefficient (Wildman–Crippen LogP) is 8.25. The quantitative estimate of drug-likeness (QED) is 0.0663. The number of anilines is 2. The van der Waals surface area contributed by atoms with E-state index >= 15 is 0 Å². The van der Waals surface area contributed by atoms with Crippen molar-refractivity contribution in [2.45, 2.75) is 82.5 Å². The fourth-order valence-corrected chi connectivity index (χ4v) is 13.8. The van der Waals surface area contributed by atoms with Crippen LogP contribution < -0.4 is 28.7 Å². The Morgan fingerprint density at radius 1 is 0.656 bits per heavy atom. The Labute approximate surface area is 358 Å². The zero-order valence-electron chi connectivity index (χ0n) is 35.3. The number of ether oxygens (including phenoxy) is 4. The van der Waals surface area contributed by atoms with Crippen LogP contribution in [0.15, 0.2) is 72.8 Å². The second kappa shape index (κ2) is 17.5. The molecule has 1 N–H and O–H groups in total. The van der Waals surface area contributed by atoms with Crippen molar-refractivity contribution in [1.29, 1.82) is 0 Å². The van der Waals surface area contributed by atoms with Gasteiger partial charge < -0.3 is 33.3 Å². The first-order valence-corrected chi connectivity index (χ1v) is 25.1. The average Bonchev–Trinajstić information content (AvgIpc) is 3.77. The van der Waals surface area contributed by atoms with Gasteiger partial charge in [0.25, 0.3) is 21.9 Å². The van der Waals surface area contributed by atoms with E-state index in [4.69, 9.17) is 18.9 Å². The molecule has 0 saturated heterocycles. The number of hydrogen-bond acceptors (Lipinski definition) is 9. The number of hydrogen-bond donors (Lipinski definition) is 1. The maximum atomic E-state index is 14.4. The highest BCUT2D eigenvalue weighted by atomic mass is 32.2. The van der Waals surface area contributed by atoms with Crippen molar-refractivity contribution in [3.8, 4) is 23.0 Å². The molecule has 61 heavy (non-hydrogen) atoms. The minimum absolute atomic E-state index is 0.0202. The van der Waals surface area contributed by atoms with Gasteiger partial charge in [-0.1, -0.05) is 56.7 Å². The molecule has 0 radical (unpaired) electrons. The molecule has 0 spiro atoms. The molecule has 12 nitrogen and oxygen atoms in total. The minimum atomic E-state index is -4.54. The molecule has 0 fully saturated rings. The van der Waals surface area contributed by atoms with Gasteiger partial charge in [-0.15, -0.1) is 0 Å². The number of rotatable bonds is 16. The lowest BCUT2D eigenvalue weighted by molar-refractivity contribution is 0.0971. The summed E-state index contributed by atoms with van der Waals surface area (Å²) in [6.07, 6.45) is 6.26. The van der Waals surface area contributed by atoms with Crippen LogP contribution in [-0.4, -0.2) is 88.0 Å². The summed E-state index contributed by atoms with van der Waals surface area (Å²) < 4.78 is 74.3. The van der Waals surface area contributed by atoms with Crippen LogP contribution in [0, 0.1) is 5.92 Å². The molecule has 14 heteroatoms. The third-order valence-corrected chi connectivity index (χ3v) is 17.6. The van der Waals surface area contributed by atoms with Crippen LogP contribution in [0.25, 0.3) is 0 Å². The molecule has 0 saturated carbocycles. The molecule has 4 aromatic rings. The van der Waals surface area contributed by atoms with Gasteiger partial charge in [-0.2, -0.15) is 8.42 Å². The number of unbranched alkanes of at least 4 members (excludes halogenated alkanes) is 1. The van der Waals surface area contributed by atoms with Gasteiger partial charge in [0.05, 0.1) is 40.6 Å². The Bertz CT molecular complexity index is 2490. The molecule has 4 heterocycles. The molecule has 0 aliphatic carbocycles. The van der Waals surface area contributed by atoms with Crippen molar-refractivity contribution >= 4 is 40.4 Å². The van der Waals surface area contributed by atoms with Crippen molar-refractivity contribution in [3.63, 3.8) is 0 Å². The van der Waals surface area contributed by atoms with Gasteiger partial charge in [-0.05, 0) is 110 Å². The first-order chi connectivity index (χ1) is 29.3. The molecule has 2 amide bonds. The van der Waals surface area contributed by atoms with E-state index in [0.717, 1.165) is 42.5 Å². The Balaban J connectivity index is 0.912. The SMILES string of the molecule is CCCCP(=O)(CCCOc1cc2c(cc1OC)C(=O)N1c3ccccc3C[C@H]1C(C)C2)CCCOc1cc2c(cc1OC)C(=O)N1c3ccccc3C[C@H]1C(S(=O)(=O)O)C2. The van der Waals surface area contributed by atoms with Gasteiger partial charge in [-0.3, -0.25) is 14.1 Å². The standard InChI is InChI=1S/C47H55N2O10PS/c1-5-6-19-60(52,20-11-17-58-43-25-33-22-30(2)39-23-31-13-7-9-15-37(31)48(39)46(50)35(33)28-41(43)56-3)21-12-18-59-44-26-34-27-45(61(53,54)55)40-24-32-14-8-10-16-38(32)49(40)47(51)36(34)29-42(44)57-4/h7-10,13-16,25-26,28-30,39-40,45H,5-6,11-12,17-24,27H2,1-4H3,(H,53,54,55)/t30?,39-,40-,45?,60?/m0/s1. The molecule has 4 aliphatic rings. The molecule has 0 bridgehead atoms. The number of fused-ring (bicyclic) bond motifs is 8. The summed E-state index contributed by atoms with van der Waals surface area (Å²) in [6.45, 7) is 4.85. The van der Waals surface area contributed by atoms with Crippen molar-refractivity contribution < 1.29 is 46.1 Å². The van der Waals surface area contributed by atoms with Crippen LogP contribution in [0.5, 0.6) is 23.0 Å². The number of carbonyl (C=O) groups is 2. The number of amides is 2. The summed E-state index contributed by atoms with van der Waals surface area (Å²) >= 11 is 0. The average molecular weight is 871 g/mol. The van der Waals surface area contributed by atoms with Crippen LogP contribution in [0.3, 0.4) is 0 Å². The third-order valence-electron chi connectivity index (χ3n) is 13.0. The van der Waals surface area contributed by atoms with Crippen LogP contribution >= 0.6 is 7.14 Å². The summed E-state index contributed by atoms with van der Waals surface area (Å²) in [5.74, 6) is 1.60. The van der Waals surface area contributed by atoms with E-state index in [-0.39, 0.29) is 36.8 Å². The van der Waals surface area contributed by atoms with Gasteiger partial charge in [0.2, 0.25) is 0 Å². The lowest BCUT2D eigenvalue weighted by atomic mass is 9.91. The van der Waals surface area contributed by atoms with Gasteiger partial charge in [-0.25, -0.2) is 0 Å². The Morgan fingerprint density at radius 2 is 1.13 bits per heavy atom. The maximum Gasteiger partial charge on any atom is 0.270 e. The van der Waals surface area contributed by atoms with Crippen LogP contribution in [0.4, 0.5) is 11.4 Å². The molecule has 4 aromatic carbocycles. The number of benzene rings is 4. The minimum Gasteiger partial charge on any atom is -0.493 e. The first kappa shape index (κ1) is 42.8. The van der Waals surface area contributed by atoms with E-state index in [2.05, 4.69) is 19.9 Å². The molecule has 5 atom stereocenters. The molecular formula is C47H55N2O10PS. The molecule has 0 aromatic heterocycles. The monoisotopic (exact) mass is 870 g/mol. The fraction of sp³-hybridized carbons (Fsp3) is 0.447. The van der Waals surface area contributed by atoms with Crippen LogP contribution in [-0.2, 0) is 40.4 Å². The summed E-state index contributed by atoms with van der Waals surface area (Å²) in [6, 6.07) is 21.7. The number of methoxy groups -OCH3 is 2. The zero-order valence-corrected chi connectivity index (χ0v) is 37.0. The predicted molar refractivity (Wildman–Crippen MR) is 237 cm³/mol. The van der Waals surface area contributed by atoms with Crippen molar-refractivity contribution in [2.24, 2.45) is 5.92 Å². The van der Waals surface area contributed by atoms with E-state index in [0.29, 0.717) is 89.7 Å². The normalized spacial score (nSPS) is 21.2. The third kappa shape index (κ3) is 8.41. The van der Waals surface area contributed by atoms with Crippen molar-refractivity contribution in [2.75, 3.05) is 55.7 Å². The molecule has 3 unspecified atom stereocenters. The Hall–Kier alpha value is -4.84. The fourth-order valence-electron chi connectivity index (χ4n) is 9.84. The second-order valence-electron chi connectivity index (χ2n) is 16.9. The maximum absolute atomic E-state index is 14.4. The van der Waals surface area contributed by atoms with E-state index in [1.54, 1.807) is 37.4 Å². The Kier molecular flexibility index (Phi) is 12.3. The topological polar surface area (TPSA) is 149 Å². The smallest absolute Gasteiger partial charge is 0.270 e. The van der Waals surface area contributed by atoms with Gasteiger partial charge in [0.15, 0.2) is 23.0 Å². The number of carbonyl (C=O) groups excluding carboxylic acids is 2. The van der Waals surface area contributed by atoms with E-state index in [1.165, 1.54) is 17.6 Å². The lowest BCUT2D eigenvalue weighted by Crippen LogP contribution is -2.47. The zero-order chi connectivity index (χ0) is 43.1. The molecular weight excluding hydrogens is 816 g/mol.